The van der Waals surface area contributed by atoms with Crippen molar-refractivity contribution in [3.8, 4) is 0 Å². The fourth-order valence-electron chi connectivity index (χ4n) is 2.34. The summed E-state index contributed by atoms with van der Waals surface area (Å²) in [5, 5.41) is 3.50. The van der Waals surface area contributed by atoms with Crippen LogP contribution in [0.1, 0.15) is 27.6 Å². The number of hydrogen-bond donors (Lipinski definition) is 4. The second kappa shape index (κ2) is 8.36. The van der Waals surface area contributed by atoms with Crippen LogP contribution in [0.25, 0.3) is 0 Å². The number of anilines is 4. The van der Waals surface area contributed by atoms with Gasteiger partial charge in [-0.1, -0.05) is 17.7 Å². The molecular weight excluding hydrogens is 380 g/mol. The molecule has 0 radical (unpaired) electrons. The van der Waals surface area contributed by atoms with E-state index in [1.54, 1.807) is 48.5 Å². The summed E-state index contributed by atoms with van der Waals surface area (Å²) < 4.78 is 0. The third-order valence-corrected chi connectivity index (χ3v) is 4.05. The van der Waals surface area contributed by atoms with E-state index in [1.165, 1.54) is 13.3 Å². The maximum absolute atomic E-state index is 12.2. The summed E-state index contributed by atoms with van der Waals surface area (Å²) in [7, 11) is 0. The molecule has 0 spiro atoms. The van der Waals surface area contributed by atoms with E-state index in [4.69, 9.17) is 17.3 Å². The Kier molecular flexibility index (Phi) is 5.71. The molecule has 142 valence electrons. The summed E-state index contributed by atoms with van der Waals surface area (Å²) in [6, 6.07) is 13.4. The summed E-state index contributed by atoms with van der Waals surface area (Å²) in [6.45, 7) is 1.50. The van der Waals surface area contributed by atoms with E-state index in [0.29, 0.717) is 27.7 Å². The van der Waals surface area contributed by atoms with Crippen molar-refractivity contribution in [2.45, 2.75) is 6.92 Å². The lowest BCUT2D eigenvalue weighted by molar-refractivity contribution is 0.0961. The maximum Gasteiger partial charge on any atom is 0.269 e. The second-order valence-electron chi connectivity index (χ2n) is 5.83. The van der Waals surface area contributed by atoms with E-state index in [0.717, 1.165) is 0 Å². The average molecular weight is 397 g/mol. The highest BCUT2D eigenvalue weighted by Gasteiger charge is 2.11. The summed E-state index contributed by atoms with van der Waals surface area (Å²) in [5.41, 5.74) is 13.2. The number of hydrogen-bond acceptors (Lipinski definition) is 7. The first-order chi connectivity index (χ1) is 13.4. The lowest BCUT2D eigenvalue weighted by atomic mass is 10.1. The molecular formula is C19H17ClN6O2. The standard InChI is InChI=1S/C19H17ClN6O2/c1-11(27)12-5-7-15(8-6-12)24-17-16(21)18(23-10-22-17)25-26-19(28)13-3-2-4-14(20)9-13/h2-10H,21H2,1H3,(H,26,28)(H2,22,23,24,25). The molecule has 0 aliphatic rings. The summed E-state index contributed by atoms with van der Waals surface area (Å²) in [4.78, 5) is 31.7. The highest BCUT2D eigenvalue weighted by molar-refractivity contribution is 6.30. The van der Waals surface area contributed by atoms with E-state index >= 15 is 0 Å². The van der Waals surface area contributed by atoms with Gasteiger partial charge in [0.1, 0.15) is 12.0 Å². The van der Waals surface area contributed by atoms with Crippen molar-refractivity contribution in [3.05, 3.63) is 71.0 Å². The number of carbonyl (C=O) groups excluding carboxylic acids is 2. The third kappa shape index (κ3) is 4.54. The first-order valence-electron chi connectivity index (χ1n) is 8.24. The Morgan fingerprint density at radius 2 is 1.71 bits per heavy atom. The molecule has 0 aliphatic carbocycles. The van der Waals surface area contributed by atoms with Gasteiger partial charge in [0.15, 0.2) is 17.4 Å². The van der Waals surface area contributed by atoms with Gasteiger partial charge in [-0.3, -0.25) is 20.4 Å². The van der Waals surface area contributed by atoms with Crippen LogP contribution in [0.2, 0.25) is 5.02 Å². The molecule has 9 heteroatoms. The number of aromatic nitrogens is 2. The molecule has 0 aliphatic heterocycles. The number of amides is 1. The molecule has 0 unspecified atom stereocenters. The minimum Gasteiger partial charge on any atom is -0.393 e. The Morgan fingerprint density at radius 3 is 2.39 bits per heavy atom. The van der Waals surface area contributed by atoms with Gasteiger partial charge in [-0.25, -0.2) is 9.97 Å². The largest absolute Gasteiger partial charge is 0.393 e. The summed E-state index contributed by atoms with van der Waals surface area (Å²) in [6.07, 6.45) is 1.30. The number of rotatable bonds is 6. The molecule has 28 heavy (non-hydrogen) atoms. The fraction of sp³-hybridized carbons (Fsp3) is 0.0526. The Labute approximate surface area is 166 Å². The Morgan fingerprint density at radius 1 is 1.00 bits per heavy atom. The van der Waals surface area contributed by atoms with Gasteiger partial charge >= 0.3 is 0 Å². The highest BCUT2D eigenvalue weighted by Crippen LogP contribution is 2.25. The molecule has 5 N–H and O–H groups in total. The van der Waals surface area contributed by atoms with E-state index in [1.807, 2.05) is 0 Å². The lowest BCUT2D eigenvalue weighted by Gasteiger charge is -2.13. The number of carbonyl (C=O) groups is 2. The summed E-state index contributed by atoms with van der Waals surface area (Å²) >= 11 is 5.89. The number of halogens is 1. The quantitative estimate of drug-likeness (QED) is 0.372. The van der Waals surface area contributed by atoms with Crippen LogP contribution in [0.3, 0.4) is 0 Å². The third-order valence-electron chi connectivity index (χ3n) is 3.82. The second-order valence-corrected chi connectivity index (χ2v) is 6.27. The van der Waals surface area contributed by atoms with E-state index in [-0.39, 0.29) is 17.3 Å². The van der Waals surface area contributed by atoms with Crippen LogP contribution in [0.15, 0.2) is 54.9 Å². The molecule has 3 rings (SSSR count). The molecule has 0 saturated carbocycles. The molecule has 0 saturated heterocycles. The highest BCUT2D eigenvalue weighted by atomic mass is 35.5. The van der Waals surface area contributed by atoms with Gasteiger partial charge in [0, 0.05) is 21.8 Å². The lowest BCUT2D eigenvalue weighted by Crippen LogP contribution is -2.30. The zero-order valence-electron chi connectivity index (χ0n) is 14.9. The molecule has 0 atom stereocenters. The molecule has 1 heterocycles. The van der Waals surface area contributed by atoms with Gasteiger partial charge in [0.25, 0.3) is 5.91 Å². The van der Waals surface area contributed by atoms with Gasteiger partial charge in [-0.15, -0.1) is 0 Å². The number of ketones is 1. The van der Waals surface area contributed by atoms with Crippen LogP contribution in [-0.4, -0.2) is 21.7 Å². The van der Waals surface area contributed by atoms with Crippen molar-refractivity contribution in [1.29, 1.82) is 0 Å². The van der Waals surface area contributed by atoms with Gasteiger partial charge in [0.2, 0.25) is 0 Å². The smallest absolute Gasteiger partial charge is 0.269 e. The monoisotopic (exact) mass is 396 g/mol. The SMILES string of the molecule is CC(=O)c1ccc(Nc2ncnc(NNC(=O)c3cccc(Cl)c3)c2N)cc1. The molecule has 0 bridgehead atoms. The molecule has 0 fully saturated rings. The number of nitrogen functional groups attached to an aromatic ring is 1. The normalized spacial score (nSPS) is 10.2. The van der Waals surface area contributed by atoms with Crippen LogP contribution >= 0.6 is 11.6 Å². The van der Waals surface area contributed by atoms with E-state index in [2.05, 4.69) is 26.1 Å². The zero-order chi connectivity index (χ0) is 20.1. The Bertz CT molecular complexity index is 1020. The summed E-state index contributed by atoms with van der Waals surface area (Å²) in [5.74, 6) is 0.170. The van der Waals surface area contributed by atoms with Gasteiger partial charge in [-0.2, -0.15) is 0 Å². The molecule has 8 nitrogen and oxygen atoms in total. The minimum atomic E-state index is -0.394. The van der Waals surface area contributed by atoms with Crippen molar-refractivity contribution in [3.63, 3.8) is 0 Å². The average Bonchev–Trinajstić information content (AvgIpc) is 2.69. The Hall–Kier alpha value is -3.65. The van der Waals surface area contributed by atoms with Gasteiger partial charge in [0.05, 0.1) is 0 Å². The number of nitrogens with one attached hydrogen (secondary N) is 3. The number of benzene rings is 2. The van der Waals surface area contributed by atoms with Crippen LogP contribution in [0.5, 0.6) is 0 Å². The number of nitrogens with two attached hydrogens (primary N) is 1. The minimum absolute atomic E-state index is 0.0185. The molecule has 1 amide bonds. The van der Waals surface area contributed by atoms with E-state index < -0.39 is 5.91 Å². The van der Waals surface area contributed by atoms with Crippen molar-refractivity contribution in [2.24, 2.45) is 0 Å². The number of Topliss-reactive ketones (excluding diaryl/α,β-unsaturated/α-hetero) is 1. The predicted molar refractivity (Wildman–Crippen MR) is 109 cm³/mol. The molecule has 2 aromatic carbocycles. The predicted octanol–water partition coefficient (Wildman–Crippen LogP) is 3.42. The number of nitrogens with zero attached hydrogens (tertiary/aromatic N) is 2. The van der Waals surface area contributed by atoms with Crippen LogP contribution in [0, 0.1) is 0 Å². The van der Waals surface area contributed by atoms with Crippen molar-refractivity contribution >= 4 is 46.3 Å². The maximum atomic E-state index is 12.2. The zero-order valence-corrected chi connectivity index (χ0v) is 15.6. The van der Waals surface area contributed by atoms with Gasteiger partial charge in [-0.05, 0) is 49.4 Å². The van der Waals surface area contributed by atoms with Crippen molar-refractivity contribution < 1.29 is 9.59 Å². The van der Waals surface area contributed by atoms with Crippen LogP contribution < -0.4 is 21.9 Å². The van der Waals surface area contributed by atoms with Crippen LogP contribution in [-0.2, 0) is 0 Å². The van der Waals surface area contributed by atoms with Crippen molar-refractivity contribution in [1.82, 2.24) is 15.4 Å². The first-order valence-corrected chi connectivity index (χ1v) is 8.62. The van der Waals surface area contributed by atoms with Crippen molar-refractivity contribution in [2.75, 3.05) is 16.5 Å². The Balaban J connectivity index is 1.70. The van der Waals surface area contributed by atoms with Crippen LogP contribution in [0.4, 0.5) is 23.0 Å². The number of hydrazine groups is 1. The fourth-order valence-corrected chi connectivity index (χ4v) is 2.53. The first kappa shape index (κ1) is 19.1. The van der Waals surface area contributed by atoms with E-state index in [9.17, 15) is 9.59 Å². The molecule has 3 aromatic rings. The van der Waals surface area contributed by atoms with Gasteiger partial charge < -0.3 is 11.1 Å². The molecule has 1 aromatic heterocycles. The topological polar surface area (TPSA) is 122 Å².